The van der Waals surface area contributed by atoms with Crippen molar-refractivity contribution in [2.24, 2.45) is 0 Å². The largest absolute Gasteiger partial charge is 0.497 e. The second kappa shape index (κ2) is 11.6. The number of rotatable bonds is 11. The Hall–Kier alpha value is -4.93. The molecule has 0 unspecified atom stereocenters. The van der Waals surface area contributed by atoms with E-state index in [9.17, 15) is 4.79 Å². The molecule has 39 heavy (non-hydrogen) atoms. The summed E-state index contributed by atoms with van der Waals surface area (Å²) in [4.78, 5) is 27.7. The van der Waals surface area contributed by atoms with Gasteiger partial charge >= 0.3 is 0 Å². The zero-order valence-corrected chi connectivity index (χ0v) is 22.1. The quantitative estimate of drug-likeness (QED) is 0.261. The molecule has 2 N–H and O–H groups in total. The van der Waals surface area contributed by atoms with Crippen LogP contribution in [0.15, 0.2) is 67.0 Å². The lowest BCUT2D eigenvalue weighted by atomic mass is 10.1. The second-order valence-electron chi connectivity index (χ2n) is 8.80. The first kappa shape index (κ1) is 25.7. The topological polar surface area (TPSA) is 121 Å². The first-order valence-corrected chi connectivity index (χ1v) is 12.7. The van der Waals surface area contributed by atoms with Gasteiger partial charge in [-0.05, 0) is 36.6 Å². The minimum Gasteiger partial charge on any atom is -0.497 e. The van der Waals surface area contributed by atoms with E-state index < -0.39 is 0 Å². The Labute approximate surface area is 225 Å². The van der Waals surface area contributed by atoms with Gasteiger partial charge in [-0.3, -0.25) is 9.36 Å². The number of nitrogens with zero attached hydrogens (tertiary/aromatic N) is 6. The maximum atomic E-state index is 13.4. The van der Waals surface area contributed by atoms with Crippen LogP contribution in [0, 0.1) is 0 Å². The van der Waals surface area contributed by atoms with E-state index in [1.165, 1.54) is 19.8 Å². The third-order valence-electron chi connectivity index (χ3n) is 6.12. The zero-order valence-electron chi connectivity index (χ0n) is 22.1. The molecule has 0 saturated heterocycles. The SMILES string of the molecule is CCCn1c(-n2cccn2)nc2c(NC(=O)c3cc(OC)cc(OC)c3)nc(NCCc3ccccc3)nc21. The summed E-state index contributed by atoms with van der Waals surface area (Å²) in [6, 6.07) is 17.0. The van der Waals surface area contributed by atoms with Crippen LogP contribution in [0.3, 0.4) is 0 Å². The van der Waals surface area contributed by atoms with E-state index in [0.29, 0.717) is 53.2 Å². The van der Waals surface area contributed by atoms with E-state index in [0.717, 1.165) is 12.8 Å². The molecule has 0 aliphatic heterocycles. The molecular weight excluding hydrogens is 496 g/mol. The van der Waals surface area contributed by atoms with Crippen LogP contribution in [0.1, 0.15) is 29.3 Å². The minimum atomic E-state index is -0.381. The summed E-state index contributed by atoms with van der Waals surface area (Å²) < 4.78 is 14.3. The van der Waals surface area contributed by atoms with Crippen LogP contribution in [-0.4, -0.2) is 56.0 Å². The van der Waals surface area contributed by atoms with Gasteiger partial charge in [-0.1, -0.05) is 37.3 Å². The molecular formula is C28H30N8O3. The van der Waals surface area contributed by atoms with Crippen LogP contribution in [-0.2, 0) is 13.0 Å². The molecule has 0 saturated carbocycles. The fourth-order valence-electron chi connectivity index (χ4n) is 4.23. The number of fused-ring (bicyclic) bond motifs is 1. The first-order valence-electron chi connectivity index (χ1n) is 12.7. The van der Waals surface area contributed by atoms with E-state index in [2.05, 4.69) is 39.8 Å². The van der Waals surface area contributed by atoms with Crippen molar-refractivity contribution in [2.75, 3.05) is 31.4 Å². The Morgan fingerprint density at radius 3 is 2.41 bits per heavy atom. The number of hydrogen-bond donors (Lipinski definition) is 2. The van der Waals surface area contributed by atoms with E-state index in [-0.39, 0.29) is 11.7 Å². The summed E-state index contributed by atoms with van der Waals surface area (Å²) in [6.45, 7) is 3.36. The van der Waals surface area contributed by atoms with Gasteiger partial charge in [0, 0.05) is 37.1 Å². The highest BCUT2D eigenvalue weighted by atomic mass is 16.5. The van der Waals surface area contributed by atoms with Crippen molar-refractivity contribution in [2.45, 2.75) is 26.3 Å². The molecule has 11 nitrogen and oxygen atoms in total. The van der Waals surface area contributed by atoms with Crippen molar-refractivity contribution in [3.63, 3.8) is 0 Å². The van der Waals surface area contributed by atoms with Crippen molar-refractivity contribution in [1.29, 1.82) is 0 Å². The van der Waals surface area contributed by atoms with Gasteiger partial charge in [0.05, 0.1) is 14.2 Å². The van der Waals surface area contributed by atoms with Crippen molar-refractivity contribution in [1.82, 2.24) is 29.3 Å². The third kappa shape index (κ3) is 5.66. The van der Waals surface area contributed by atoms with Gasteiger partial charge in [-0.25, -0.2) is 9.67 Å². The maximum absolute atomic E-state index is 13.4. The zero-order chi connectivity index (χ0) is 27.2. The van der Waals surface area contributed by atoms with Crippen LogP contribution in [0.5, 0.6) is 11.5 Å². The van der Waals surface area contributed by atoms with Gasteiger partial charge < -0.3 is 20.1 Å². The summed E-state index contributed by atoms with van der Waals surface area (Å²) in [5, 5.41) is 10.6. The molecule has 0 fully saturated rings. The predicted octanol–water partition coefficient (Wildman–Crippen LogP) is 4.35. The number of ether oxygens (including phenoxy) is 2. The van der Waals surface area contributed by atoms with Gasteiger partial charge in [-0.15, -0.1) is 0 Å². The number of imidazole rings is 1. The third-order valence-corrected chi connectivity index (χ3v) is 6.12. The number of aryl methyl sites for hydroxylation is 1. The summed E-state index contributed by atoms with van der Waals surface area (Å²) >= 11 is 0. The lowest BCUT2D eigenvalue weighted by Crippen LogP contribution is -2.16. The number of hydrogen-bond acceptors (Lipinski definition) is 8. The van der Waals surface area contributed by atoms with Crippen molar-refractivity contribution in [3.8, 4) is 17.4 Å². The van der Waals surface area contributed by atoms with Gasteiger partial charge in [0.2, 0.25) is 11.9 Å². The van der Waals surface area contributed by atoms with Crippen molar-refractivity contribution >= 4 is 28.8 Å². The molecule has 0 aliphatic rings. The van der Waals surface area contributed by atoms with Crippen LogP contribution in [0.25, 0.3) is 17.1 Å². The van der Waals surface area contributed by atoms with Gasteiger partial charge in [-0.2, -0.15) is 15.1 Å². The lowest BCUT2D eigenvalue weighted by molar-refractivity contribution is 0.102. The van der Waals surface area contributed by atoms with Crippen LogP contribution in [0.2, 0.25) is 0 Å². The molecule has 0 spiro atoms. The van der Waals surface area contributed by atoms with E-state index in [1.54, 1.807) is 29.1 Å². The number of methoxy groups -OCH3 is 2. The van der Waals surface area contributed by atoms with Crippen molar-refractivity contribution in [3.05, 3.63) is 78.1 Å². The number of carbonyl (C=O) groups excluding carboxylic acids is 1. The Morgan fingerprint density at radius 1 is 0.974 bits per heavy atom. The average molecular weight is 527 g/mol. The molecule has 5 aromatic rings. The van der Waals surface area contributed by atoms with Gasteiger partial charge in [0.15, 0.2) is 17.0 Å². The summed E-state index contributed by atoms with van der Waals surface area (Å²) in [5.74, 6) is 1.89. The molecule has 0 aliphatic carbocycles. The molecule has 0 atom stereocenters. The second-order valence-corrected chi connectivity index (χ2v) is 8.80. The molecule has 5 rings (SSSR count). The predicted molar refractivity (Wildman–Crippen MR) is 149 cm³/mol. The number of amides is 1. The average Bonchev–Trinajstić information content (AvgIpc) is 3.62. The number of carbonyl (C=O) groups is 1. The molecule has 0 bridgehead atoms. The normalized spacial score (nSPS) is 10.9. The fraction of sp³-hybridized carbons (Fsp3) is 0.250. The fourth-order valence-corrected chi connectivity index (χ4v) is 4.23. The number of anilines is 2. The van der Waals surface area contributed by atoms with Crippen LogP contribution < -0.4 is 20.1 Å². The molecule has 1 amide bonds. The molecule has 200 valence electrons. The summed E-state index contributed by atoms with van der Waals surface area (Å²) in [7, 11) is 3.07. The Morgan fingerprint density at radius 2 is 1.74 bits per heavy atom. The van der Waals surface area contributed by atoms with E-state index in [4.69, 9.17) is 19.4 Å². The monoisotopic (exact) mass is 526 g/mol. The molecule has 11 heteroatoms. The summed E-state index contributed by atoms with van der Waals surface area (Å²) in [5.41, 5.74) is 2.62. The minimum absolute atomic E-state index is 0.289. The highest BCUT2D eigenvalue weighted by Crippen LogP contribution is 2.27. The molecule has 2 aromatic carbocycles. The molecule has 3 heterocycles. The Bertz CT molecular complexity index is 1540. The number of nitrogens with one attached hydrogen (secondary N) is 2. The van der Waals surface area contributed by atoms with Crippen LogP contribution in [0.4, 0.5) is 11.8 Å². The van der Waals surface area contributed by atoms with Gasteiger partial charge in [0.25, 0.3) is 5.91 Å². The standard InChI is InChI=1S/C28H30N8O3/c1-4-14-35-25-23(31-28(35)36-15-8-12-30-36)24(32-26(37)20-16-21(38-2)18-22(17-20)39-3)33-27(34-25)29-13-11-19-9-6-5-7-10-19/h5-10,12,15-18H,4,11,13-14H2,1-3H3,(H2,29,32,33,34,37). The smallest absolute Gasteiger partial charge is 0.257 e. The number of benzene rings is 2. The lowest BCUT2D eigenvalue weighted by Gasteiger charge is -2.12. The maximum Gasteiger partial charge on any atom is 0.257 e. The first-order chi connectivity index (χ1) is 19.1. The van der Waals surface area contributed by atoms with E-state index >= 15 is 0 Å². The highest BCUT2D eigenvalue weighted by Gasteiger charge is 2.21. The summed E-state index contributed by atoms with van der Waals surface area (Å²) in [6.07, 6.45) is 5.16. The molecule has 3 aromatic heterocycles. The molecule has 0 radical (unpaired) electrons. The van der Waals surface area contributed by atoms with E-state index in [1.807, 2.05) is 35.0 Å². The Balaban J connectivity index is 1.54. The highest BCUT2D eigenvalue weighted by molar-refractivity contribution is 6.07. The number of aromatic nitrogens is 6. The Kier molecular flexibility index (Phi) is 7.67. The van der Waals surface area contributed by atoms with Gasteiger partial charge in [0.1, 0.15) is 11.5 Å². The van der Waals surface area contributed by atoms with Crippen LogP contribution >= 0.6 is 0 Å². The van der Waals surface area contributed by atoms with Crippen molar-refractivity contribution < 1.29 is 14.3 Å².